The molecule has 1 atom stereocenters. The first-order valence-electron chi connectivity index (χ1n) is 29.2. The average molecular weight is 1100 g/mol. The summed E-state index contributed by atoms with van der Waals surface area (Å²) in [6, 6.07) is 14.4. The van der Waals surface area contributed by atoms with Gasteiger partial charge in [-0.2, -0.15) is 0 Å². The normalized spacial score (nSPS) is 15.8. The van der Waals surface area contributed by atoms with Crippen molar-refractivity contribution < 1.29 is 38.3 Å². The van der Waals surface area contributed by atoms with E-state index in [2.05, 4.69) is 33.6 Å². The van der Waals surface area contributed by atoms with Crippen LogP contribution in [-0.4, -0.2) is 155 Å². The molecule has 15 heteroatoms. The zero-order valence-corrected chi connectivity index (χ0v) is 51.7. The highest BCUT2D eigenvalue weighted by molar-refractivity contribution is 5.90. The number of carbonyl (C=O) groups is 7. The third-order valence-corrected chi connectivity index (χ3v) is 14.0. The first-order valence-corrected chi connectivity index (χ1v) is 29.2. The standard InChI is InChI=1S/C14H18O3.C11H22N2O.C10H13NO2.C10H15NO.C10H19NO.C9H17NO/c1-4-17-14(16)12-7-5-11(6-8-12)9-13(15)10(2)3;1-9(2)11(14)8-13-6-5-12(4)10(3)7-13;1-8(2)9(12)7-11-6-4-3-5-10(11)13;1-8(2)10(12)7-11-5-4-9(3)6-11;1-9(2)10(12)8-11-6-4-3-5-7-11;1-8(2)9(11)7-10-5-3-4-6-10/h5-8,10H,4,9H2,1-3H3;9-10H,5-8H2,1-4H3;3-6,8H,7H2,1-2H3;4-6,8H,7H2,1-3H3;9H,3-8H2,1-2H3;8H,3-7H2,1-2H3. The molecule has 3 saturated heterocycles. The summed E-state index contributed by atoms with van der Waals surface area (Å²) in [6.45, 7) is 39.8. The third kappa shape index (κ3) is 31.4. The van der Waals surface area contributed by atoms with Crippen molar-refractivity contribution in [2.24, 2.45) is 35.5 Å². The van der Waals surface area contributed by atoms with E-state index < -0.39 is 0 Å². The molecule has 6 rings (SSSR count). The summed E-state index contributed by atoms with van der Waals surface area (Å²) in [5, 5.41) is 0. The molecular formula is C64H104N6O9. The molecule has 3 aliphatic heterocycles. The van der Waals surface area contributed by atoms with Gasteiger partial charge in [-0.1, -0.05) is 108 Å². The van der Waals surface area contributed by atoms with Gasteiger partial charge in [-0.3, -0.25) is 48.3 Å². The molecule has 0 radical (unpaired) electrons. The molecule has 1 aromatic carbocycles. The number of likely N-dealkylation sites (tertiary alicyclic amines) is 2. The number of ketones is 6. The van der Waals surface area contributed by atoms with Gasteiger partial charge in [-0.25, -0.2) is 4.79 Å². The summed E-state index contributed by atoms with van der Waals surface area (Å²) in [6.07, 6.45) is 12.4. The number of pyridine rings is 1. The fourth-order valence-corrected chi connectivity index (χ4v) is 7.88. The molecule has 5 heterocycles. The monoisotopic (exact) mass is 1100 g/mol. The number of nitrogens with zero attached hydrogens (tertiary/aromatic N) is 6. The van der Waals surface area contributed by atoms with Crippen LogP contribution in [0.5, 0.6) is 0 Å². The van der Waals surface area contributed by atoms with Gasteiger partial charge in [0.1, 0.15) is 23.1 Å². The number of ether oxygens (including phenoxy) is 1. The Morgan fingerprint density at radius 3 is 1.38 bits per heavy atom. The van der Waals surface area contributed by atoms with Crippen LogP contribution in [0.3, 0.4) is 0 Å². The maximum atomic E-state index is 11.5. The van der Waals surface area contributed by atoms with Crippen molar-refractivity contribution in [3.05, 3.63) is 94.2 Å². The fraction of sp³-hybridized carbons (Fsp3) is 0.656. The zero-order valence-electron chi connectivity index (χ0n) is 51.7. The van der Waals surface area contributed by atoms with Crippen molar-refractivity contribution in [2.45, 2.75) is 162 Å². The average Bonchev–Trinajstić information content (AvgIpc) is 4.08. The number of carbonyl (C=O) groups excluding carboxylic acids is 7. The Hall–Kier alpha value is -5.22. The summed E-state index contributed by atoms with van der Waals surface area (Å²) >= 11 is 0. The summed E-state index contributed by atoms with van der Waals surface area (Å²) in [7, 11) is 2.15. The van der Waals surface area contributed by atoms with Crippen LogP contribution in [0.1, 0.15) is 151 Å². The van der Waals surface area contributed by atoms with Crippen molar-refractivity contribution in [3.8, 4) is 0 Å². The zero-order chi connectivity index (χ0) is 59.8. The van der Waals surface area contributed by atoms with Gasteiger partial charge < -0.3 is 18.8 Å². The molecule has 444 valence electrons. The number of aromatic nitrogens is 2. The number of benzene rings is 1. The maximum Gasteiger partial charge on any atom is 0.338 e. The number of aryl methyl sites for hydroxylation is 1. The van der Waals surface area contributed by atoms with Gasteiger partial charge in [0.05, 0.1) is 44.9 Å². The molecule has 79 heavy (non-hydrogen) atoms. The highest BCUT2D eigenvalue weighted by Crippen LogP contribution is 2.13. The largest absolute Gasteiger partial charge is 0.462 e. The summed E-state index contributed by atoms with van der Waals surface area (Å²) < 4.78 is 8.23. The number of esters is 1. The van der Waals surface area contributed by atoms with E-state index in [1.165, 1.54) is 48.3 Å². The summed E-state index contributed by atoms with van der Waals surface area (Å²) in [5.41, 5.74) is 2.52. The van der Waals surface area contributed by atoms with E-state index >= 15 is 0 Å². The first kappa shape index (κ1) is 71.8. The van der Waals surface area contributed by atoms with E-state index in [0.29, 0.717) is 68.2 Å². The number of likely N-dealkylation sites (N-methyl/N-ethyl adjacent to an activating group) is 1. The minimum absolute atomic E-state index is 0.0212. The topological polar surface area (TPSA) is 169 Å². The number of hydrogen-bond donors (Lipinski definition) is 0. The molecule has 3 aromatic rings. The molecule has 1 unspecified atom stereocenters. The smallest absolute Gasteiger partial charge is 0.338 e. The van der Waals surface area contributed by atoms with Gasteiger partial charge in [0.15, 0.2) is 11.6 Å². The van der Waals surface area contributed by atoms with Crippen molar-refractivity contribution in [1.82, 2.24) is 28.7 Å². The lowest BCUT2D eigenvalue weighted by atomic mass is 10.0. The van der Waals surface area contributed by atoms with Crippen molar-refractivity contribution >= 4 is 40.7 Å². The molecule has 2 aromatic heterocycles. The van der Waals surface area contributed by atoms with Crippen LogP contribution in [0.25, 0.3) is 0 Å². The molecule has 0 N–H and O–H groups in total. The number of piperazine rings is 1. The second kappa shape index (κ2) is 39.2. The molecular weight excluding hydrogens is 997 g/mol. The fourth-order valence-electron chi connectivity index (χ4n) is 7.88. The van der Waals surface area contributed by atoms with Gasteiger partial charge in [0.2, 0.25) is 0 Å². The van der Waals surface area contributed by atoms with Crippen LogP contribution < -0.4 is 5.56 Å². The molecule has 15 nitrogen and oxygen atoms in total. The van der Waals surface area contributed by atoms with Crippen LogP contribution in [0.15, 0.2) is 71.9 Å². The van der Waals surface area contributed by atoms with E-state index in [4.69, 9.17) is 4.74 Å². The molecule has 0 spiro atoms. The van der Waals surface area contributed by atoms with Crippen LogP contribution in [0, 0.1) is 42.4 Å². The number of rotatable bonds is 20. The predicted octanol–water partition coefficient (Wildman–Crippen LogP) is 9.58. The Morgan fingerprint density at radius 2 is 0.962 bits per heavy atom. The van der Waals surface area contributed by atoms with Crippen LogP contribution >= 0.6 is 0 Å². The highest BCUT2D eigenvalue weighted by atomic mass is 16.5. The van der Waals surface area contributed by atoms with Crippen LogP contribution in [0.2, 0.25) is 0 Å². The number of Topliss-reactive ketones (excluding diaryl/α,β-unsaturated/α-hetero) is 6. The SMILES string of the molecule is CC(C)C(=O)CN1CCCC1.CC(C)C(=O)CN1CCCCC1.CC(C)C(=O)CN1CCN(C)C(C)C1.CC(C)C(=O)Cn1ccccc1=O.CCOC(=O)c1ccc(CC(=O)C(C)C)cc1.Cc1ccn(CC(=O)C(C)C)c1. The molecule has 0 aliphatic carbocycles. The van der Waals surface area contributed by atoms with Gasteiger partial charge in [-0.15, -0.1) is 0 Å². The van der Waals surface area contributed by atoms with Gasteiger partial charge >= 0.3 is 5.97 Å². The molecule has 3 fully saturated rings. The van der Waals surface area contributed by atoms with Crippen LogP contribution in [0.4, 0.5) is 0 Å². The van der Waals surface area contributed by atoms with E-state index in [9.17, 15) is 38.4 Å². The quantitative estimate of drug-likeness (QED) is 0.0982. The molecule has 0 bridgehead atoms. The van der Waals surface area contributed by atoms with Gasteiger partial charge in [0.25, 0.3) is 5.56 Å². The minimum atomic E-state index is -0.325. The van der Waals surface area contributed by atoms with E-state index in [1.54, 1.807) is 49.5 Å². The van der Waals surface area contributed by atoms with Crippen molar-refractivity contribution in [3.63, 3.8) is 0 Å². The predicted molar refractivity (Wildman–Crippen MR) is 320 cm³/mol. The maximum absolute atomic E-state index is 11.5. The molecule has 0 amide bonds. The van der Waals surface area contributed by atoms with E-state index in [-0.39, 0.29) is 70.9 Å². The second-order valence-corrected chi connectivity index (χ2v) is 23.2. The molecule has 0 saturated carbocycles. The Kier molecular flexibility index (Phi) is 35.6. The van der Waals surface area contributed by atoms with Crippen molar-refractivity contribution in [2.75, 3.05) is 79.1 Å². The lowest BCUT2D eigenvalue weighted by Gasteiger charge is -2.37. The Balaban J connectivity index is 0.000000477. The Labute approximate surface area is 476 Å². The molecule has 3 aliphatic rings. The first-order chi connectivity index (χ1) is 37.1. The van der Waals surface area contributed by atoms with E-state index in [0.717, 1.165) is 51.4 Å². The number of piperidine rings is 1. The summed E-state index contributed by atoms with van der Waals surface area (Å²) in [5.74, 6) is 2.10. The van der Waals surface area contributed by atoms with Crippen LogP contribution in [-0.2, 0) is 53.0 Å². The second-order valence-electron chi connectivity index (χ2n) is 23.2. The number of hydrogen-bond acceptors (Lipinski definition) is 13. The summed E-state index contributed by atoms with van der Waals surface area (Å²) in [4.78, 5) is 100. The lowest BCUT2D eigenvalue weighted by molar-refractivity contribution is -0.124. The Bertz CT molecular complexity index is 2320. The third-order valence-electron chi connectivity index (χ3n) is 14.0. The van der Waals surface area contributed by atoms with Gasteiger partial charge in [-0.05, 0) is 115 Å². The van der Waals surface area contributed by atoms with E-state index in [1.807, 2.05) is 113 Å². The lowest BCUT2D eigenvalue weighted by Crippen LogP contribution is -2.51. The highest BCUT2D eigenvalue weighted by Gasteiger charge is 2.23. The van der Waals surface area contributed by atoms with Crippen molar-refractivity contribution in [1.29, 1.82) is 0 Å². The minimum Gasteiger partial charge on any atom is -0.462 e. The Morgan fingerprint density at radius 1 is 0.519 bits per heavy atom. The van der Waals surface area contributed by atoms with Gasteiger partial charge in [0, 0.05) is 92.3 Å².